The first kappa shape index (κ1) is 9.97. The smallest absolute Gasteiger partial charge is 0.310 e. The molecule has 0 amide bonds. The summed E-state index contributed by atoms with van der Waals surface area (Å²) in [4.78, 5) is 11.7. The molecule has 3 heteroatoms. The van der Waals surface area contributed by atoms with Gasteiger partial charge in [-0.15, -0.1) is 0 Å². The Morgan fingerprint density at radius 2 is 1.86 bits per heavy atom. The van der Waals surface area contributed by atoms with Crippen molar-refractivity contribution < 1.29 is 9.53 Å². The van der Waals surface area contributed by atoms with Crippen molar-refractivity contribution in [3.8, 4) is 0 Å². The van der Waals surface area contributed by atoms with Crippen LogP contribution in [0.25, 0.3) is 0 Å². The average Bonchev–Trinajstić information content (AvgIpc) is 2.19. The fourth-order valence-corrected chi connectivity index (χ4v) is 3.08. The SMILES string of the molecule is CCOC(=O)[C@@H]1C(N)[C@H]2CC[C@@H]1CC2. The zero-order valence-electron chi connectivity index (χ0n) is 8.74. The summed E-state index contributed by atoms with van der Waals surface area (Å²) in [6.45, 7) is 2.32. The first-order chi connectivity index (χ1) is 6.74. The normalized spacial score (nSPS) is 41.0. The lowest BCUT2D eigenvalue weighted by atomic mass is 9.62. The highest BCUT2D eigenvalue weighted by molar-refractivity contribution is 5.74. The first-order valence-corrected chi connectivity index (χ1v) is 5.66. The minimum Gasteiger partial charge on any atom is -0.466 e. The number of nitrogens with two attached hydrogens (primary N) is 1. The average molecular weight is 197 g/mol. The molecular weight excluding hydrogens is 178 g/mol. The molecule has 80 valence electrons. The zero-order chi connectivity index (χ0) is 10.1. The number of esters is 1. The van der Waals surface area contributed by atoms with Gasteiger partial charge in [0.15, 0.2) is 0 Å². The molecule has 3 saturated carbocycles. The van der Waals surface area contributed by atoms with E-state index < -0.39 is 0 Å². The van der Waals surface area contributed by atoms with E-state index in [9.17, 15) is 4.79 Å². The number of hydrogen-bond donors (Lipinski definition) is 1. The minimum atomic E-state index is -0.0607. The Morgan fingerprint density at radius 3 is 2.36 bits per heavy atom. The van der Waals surface area contributed by atoms with Gasteiger partial charge in [-0.05, 0) is 44.4 Å². The number of hydrogen-bond acceptors (Lipinski definition) is 3. The number of rotatable bonds is 2. The van der Waals surface area contributed by atoms with Crippen LogP contribution in [-0.2, 0) is 9.53 Å². The lowest BCUT2D eigenvalue weighted by Crippen LogP contribution is -2.52. The van der Waals surface area contributed by atoms with Gasteiger partial charge < -0.3 is 10.5 Å². The second-order valence-electron chi connectivity index (χ2n) is 4.53. The Balaban J connectivity index is 2.06. The maximum absolute atomic E-state index is 11.7. The van der Waals surface area contributed by atoms with E-state index in [2.05, 4.69) is 0 Å². The number of fused-ring (bicyclic) bond motifs is 3. The molecule has 0 aromatic rings. The van der Waals surface area contributed by atoms with Crippen molar-refractivity contribution in [3.63, 3.8) is 0 Å². The van der Waals surface area contributed by atoms with Gasteiger partial charge >= 0.3 is 5.97 Å². The largest absolute Gasteiger partial charge is 0.466 e. The van der Waals surface area contributed by atoms with Gasteiger partial charge in [0.2, 0.25) is 0 Å². The van der Waals surface area contributed by atoms with E-state index in [-0.39, 0.29) is 17.9 Å². The monoisotopic (exact) mass is 197 g/mol. The van der Waals surface area contributed by atoms with Crippen molar-refractivity contribution in [3.05, 3.63) is 0 Å². The van der Waals surface area contributed by atoms with E-state index >= 15 is 0 Å². The Bertz CT molecular complexity index is 219. The van der Waals surface area contributed by atoms with Gasteiger partial charge in [-0.2, -0.15) is 0 Å². The molecule has 0 radical (unpaired) electrons. The predicted molar refractivity (Wildman–Crippen MR) is 53.5 cm³/mol. The molecule has 0 spiro atoms. The van der Waals surface area contributed by atoms with Gasteiger partial charge in [-0.25, -0.2) is 0 Å². The van der Waals surface area contributed by atoms with Crippen LogP contribution < -0.4 is 5.73 Å². The quantitative estimate of drug-likeness (QED) is 0.679. The minimum absolute atomic E-state index is 0.0116. The zero-order valence-corrected chi connectivity index (χ0v) is 8.74. The highest BCUT2D eigenvalue weighted by Gasteiger charge is 2.45. The van der Waals surface area contributed by atoms with Crippen molar-refractivity contribution in [2.24, 2.45) is 23.5 Å². The van der Waals surface area contributed by atoms with Crippen molar-refractivity contribution >= 4 is 5.97 Å². The Morgan fingerprint density at radius 1 is 1.29 bits per heavy atom. The van der Waals surface area contributed by atoms with Crippen molar-refractivity contribution in [1.29, 1.82) is 0 Å². The van der Waals surface area contributed by atoms with E-state index in [1.165, 1.54) is 25.7 Å². The van der Waals surface area contributed by atoms with Crippen LogP contribution in [0.1, 0.15) is 32.6 Å². The van der Waals surface area contributed by atoms with Crippen LogP contribution in [0.4, 0.5) is 0 Å². The fourth-order valence-electron chi connectivity index (χ4n) is 3.08. The molecule has 3 aliphatic carbocycles. The summed E-state index contributed by atoms with van der Waals surface area (Å²) < 4.78 is 5.09. The van der Waals surface area contributed by atoms with Crippen molar-refractivity contribution in [2.45, 2.75) is 38.6 Å². The summed E-state index contributed by atoms with van der Waals surface area (Å²) >= 11 is 0. The Kier molecular flexibility index (Phi) is 2.77. The summed E-state index contributed by atoms with van der Waals surface area (Å²) in [6, 6.07) is 0.0570. The fraction of sp³-hybridized carbons (Fsp3) is 0.909. The summed E-state index contributed by atoms with van der Waals surface area (Å²) in [5.41, 5.74) is 6.09. The molecule has 2 atom stereocenters. The molecule has 3 aliphatic rings. The van der Waals surface area contributed by atoms with Gasteiger partial charge in [0, 0.05) is 6.04 Å². The third kappa shape index (κ3) is 1.54. The second kappa shape index (κ2) is 3.89. The molecule has 0 aromatic heterocycles. The highest BCUT2D eigenvalue weighted by Crippen LogP contribution is 2.44. The lowest BCUT2D eigenvalue weighted by molar-refractivity contribution is -0.155. The van der Waals surface area contributed by atoms with Crippen LogP contribution in [0, 0.1) is 17.8 Å². The van der Waals surface area contributed by atoms with Gasteiger partial charge in [0.05, 0.1) is 12.5 Å². The van der Waals surface area contributed by atoms with Crippen LogP contribution >= 0.6 is 0 Å². The summed E-state index contributed by atoms with van der Waals surface area (Å²) in [5, 5.41) is 0. The van der Waals surface area contributed by atoms with E-state index in [0.29, 0.717) is 18.4 Å². The molecule has 3 nitrogen and oxygen atoms in total. The molecule has 2 N–H and O–H groups in total. The predicted octanol–water partition coefficient (Wildman–Crippen LogP) is 1.31. The molecule has 2 bridgehead atoms. The highest BCUT2D eigenvalue weighted by atomic mass is 16.5. The standard InChI is InChI=1S/C11H19NO2/c1-2-14-11(13)9-7-3-5-8(6-4-7)10(9)12/h7-10H,2-6,12H2,1H3/t7-,8+,9-,10?/m0/s1. The van der Waals surface area contributed by atoms with Crippen LogP contribution in [-0.4, -0.2) is 18.6 Å². The van der Waals surface area contributed by atoms with Crippen LogP contribution in [0.15, 0.2) is 0 Å². The maximum atomic E-state index is 11.7. The van der Waals surface area contributed by atoms with Gasteiger partial charge in [-0.3, -0.25) is 4.79 Å². The molecule has 0 aliphatic heterocycles. The van der Waals surface area contributed by atoms with E-state index in [0.717, 1.165) is 0 Å². The van der Waals surface area contributed by atoms with E-state index in [1.54, 1.807) is 0 Å². The van der Waals surface area contributed by atoms with E-state index in [1.807, 2.05) is 6.92 Å². The molecule has 14 heavy (non-hydrogen) atoms. The number of carbonyl (C=O) groups is 1. The van der Waals surface area contributed by atoms with E-state index in [4.69, 9.17) is 10.5 Å². The summed E-state index contributed by atoms with van der Waals surface area (Å²) in [6.07, 6.45) is 4.76. The number of ether oxygens (including phenoxy) is 1. The van der Waals surface area contributed by atoms with Crippen LogP contribution in [0.5, 0.6) is 0 Å². The summed E-state index contributed by atoms with van der Waals surface area (Å²) in [7, 11) is 0. The number of carbonyl (C=O) groups excluding carboxylic acids is 1. The molecular formula is C11H19NO2. The Labute approximate surface area is 85.0 Å². The van der Waals surface area contributed by atoms with Gasteiger partial charge in [-0.1, -0.05) is 0 Å². The van der Waals surface area contributed by atoms with Gasteiger partial charge in [0.1, 0.15) is 0 Å². The third-order valence-electron chi connectivity index (χ3n) is 3.84. The van der Waals surface area contributed by atoms with Crippen LogP contribution in [0.3, 0.4) is 0 Å². The van der Waals surface area contributed by atoms with Gasteiger partial charge in [0.25, 0.3) is 0 Å². The second-order valence-corrected chi connectivity index (χ2v) is 4.53. The molecule has 0 heterocycles. The first-order valence-electron chi connectivity index (χ1n) is 5.66. The van der Waals surface area contributed by atoms with Crippen molar-refractivity contribution in [2.75, 3.05) is 6.61 Å². The molecule has 3 fully saturated rings. The van der Waals surface area contributed by atoms with Crippen LogP contribution in [0.2, 0.25) is 0 Å². The maximum Gasteiger partial charge on any atom is 0.310 e. The lowest BCUT2D eigenvalue weighted by Gasteiger charge is -2.45. The van der Waals surface area contributed by atoms with Crippen molar-refractivity contribution in [1.82, 2.24) is 0 Å². The topological polar surface area (TPSA) is 52.3 Å². The molecule has 0 saturated heterocycles. The third-order valence-corrected chi connectivity index (χ3v) is 3.84. The molecule has 1 unspecified atom stereocenters. The molecule has 0 aromatic carbocycles. The Hall–Kier alpha value is -0.570. The summed E-state index contributed by atoms with van der Waals surface area (Å²) in [5.74, 6) is 0.986. The molecule has 3 rings (SSSR count).